The van der Waals surface area contributed by atoms with Crippen molar-refractivity contribution in [3.05, 3.63) is 36.5 Å². The first-order valence-electron chi connectivity index (χ1n) is 30.6. The Balaban J connectivity index is 1.74. The molecule has 0 spiro atoms. The second-order valence-electron chi connectivity index (χ2n) is 21.5. The summed E-state index contributed by atoms with van der Waals surface area (Å²) in [6, 6.07) is 0. The molecule has 0 aromatic heterocycles. The van der Waals surface area contributed by atoms with Crippen LogP contribution in [0.1, 0.15) is 245 Å². The maximum absolute atomic E-state index is 13.1. The number of ether oxygens (including phenoxy) is 6. The van der Waals surface area contributed by atoms with Gasteiger partial charge in [-0.15, -0.1) is 0 Å². The summed E-state index contributed by atoms with van der Waals surface area (Å²) in [5.41, 5.74) is 0. The highest BCUT2D eigenvalue weighted by Gasteiger charge is 2.47. The molecule has 0 radical (unpaired) electrons. The number of carbonyl (C=O) groups is 2. The first-order valence-corrected chi connectivity index (χ1v) is 30.6. The zero-order valence-corrected chi connectivity index (χ0v) is 47.5. The maximum atomic E-state index is 13.1. The van der Waals surface area contributed by atoms with Crippen LogP contribution in [0.25, 0.3) is 0 Å². The number of allylic oxidation sites excluding steroid dienone is 6. The van der Waals surface area contributed by atoms with Gasteiger partial charge in [-0.1, -0.05) is 224 Å². The fourth-order valence-electron chi connectivity index (χ4n) is 9.65. The summed E-state index contributed by atoms with van der Waals surface area (Å²) in [5, 5.41) is 72.3. The van der Waals surface area contributed by atoms with E-state index in [0.29, 0.717) is 19.3 Å². The quantitative estimate of drug-likeness (QED) is 0.0171. The molecule has 2 aliphatic rings. The predicted octanol–water partition coefficient (Wildman–Crippen LogP) is 10.8. The van der Waals surface area contributed by atoms with Crippen molar-refractivity contribution >= 4 is 11.9 Å². The number of aliphatic hydroxyl groups is 7. The van der Waals surface area contributed by atoms with Crippen LogP contribution in [-0.2, 0) is 38.0 Å². The fourth-order valence-corrected chi connectivity index (χ4v) is 9.65. The highest BCUT2D eigenvalue weighted by molar-refractivity contribution is 5.70. The van der Waals surface area contributed by atoms with Crippen LogP contribution in [0.2, 0.25) is 0 Å². The molecule has 2 heterocycles. The normalized spacial score (nSPS) is 24.5. The van der Waals surface area contributed by atoms with Crippen LogP contribution in [0.3, 0.4) is 0 Å². The van der Waals surface area contributed by atoms with Gasteiger partial charge < -0.3 is 64.2 Å². The van der Waals surface area contributed by atoms with Crippen molar-refractivity contribution in [1.82, 2.24) is 0 Å². The van der Waals surface area contributed by atoms with E-state index in [1.54, 1.807) is 0 Å². The van der Waals surface area contributed by atoms with E-state index < -0.39 is 99.3 Å². The highest BCUT2D eigenvalue weighted by Crippen LogP contribution is 2.27. The lowest BCUT2D eigenvalue weighted by Crippen LogP contribution is -2.61. The molecule has 0 aromatic carbocycles. The smallest absolute Gasteiger partial charge is 0.306 e. The van der Waals surface area contributed by atoms with Gasteiger partial charge in [0.15, 0.2) is 18.7 Å². The lowest BCUT2D eigenvalue weighted by Gasteiger charge is -2.42. The lowest BCUT2D eigenvalue weighted by molar-refractivity contribution is -0.332. The summed E-state index contributed by atoms with van der Waals surface area (Å²) in [4.78, 5) is 25.9. The molecule has 0 bridgehead atoms. The van der Waals surface area contributed by atoms with Gasteiger partial charge in [0.05, 0.1) is 19.8 Å². The van der Waals surface area contributed by atoms with Crippen molar-refractivity contribution in [2.24, 2.45) is 0 Å². The van der Waals surface area contributed by atoms with E-state index in [0.717, 1.165) is 38.5 Å². The minimum absolute atomic E-state index is 0.148. The van der Waals surface area contributed by atoms with Gasteiger partial charge in [-0.2, -0.15) is 0 Å². The van der Waals surface area contributed by atoms with E-state index in [2.05, 4.69) is 44.2 Å². The molecule has 15 nitrogen and oxygen atoms in total. The van der Waals surface area contributed by atoms with Gasteiger partial charge in [-0.05, 0) is 44.9 Å². The third kappa shape index (κ3) is 34.0. The predicted molar refractivity (Wildman–Crippen MR) is 298 cm³/mol. The Labute approximate surface area is 459 Å². The molecule has 0 aromatic rings. The van der Waals surface area contributed by atoms with E-state index in [-0.39, 0.29) is 19.4 Å². The third-order valence-electron chi connectivity index (χ3n) is 14.6. The molecule has 4 unspecified atom stereocenters. The molecule has 15 heteroatoms. The number of rotatable bonds is 49. The molecule has 76 heavy (non-hydrogen) atoms. The minimum atomic E-state index is -1.77. The van der Waals surface area contributed by atoms with Crippen molar-refractivity contribution in [2.45, 2.75) is 313 Å². The van der Waals surface area contributed by atoms with Gasteiger partial charge >= 0.3 is 11.9 Å². The van der Waals surface area contributed by atoms with Gasteiger partial charge in [0.2, 0.25) is 0 Å². The Morgan fingerprint density at radius 1 is 0.421 bits per heavy atom. The zero-order valence-electron chi connectivity index (χ0n) is 47.5. The number of aliphatic hydroxyl groups excluding tert-OH is 7. The van der Waals surface area contributed by atoms with E-state index in [1.807, 2.05) is 6.08 Å². The highest BCUT2D eigenvalue weighted by atomic mass is 16.7. The second kappa shape index (κ2) is 47.5. The molecule has 0 amide bonds. The molecule has 2 fully saturated rings. The monoisotopic (exact) mass is 1080 g/mol. The SMILES string of the molecule is CCCCCCCC/C=C/C/C=C/C/C=C/CCCC(=O)OC[C@H](CO[C@H]1O[C@@H](CO[C@H]2O[C@@H](CO)[C@@H](O)C(O)C2O)[C@@H](O)C(O)C1O)OC(=O)CCCCCCCCCCCCCCCCCCCCCCCCC. The average molecular weight is 1080 g/mol. The van der Waals surface area contributed by atoms with Crippen LogP contribution in [-0.4, -0.2) is 142 Å². The molecule has 2 rings (SSSR count). The summed E-state index contributed by atoms with van der Waals surface area (Å²) in [7, 11) is 0. The first kappa shape index (κ1) is 69.8. The molecular formula is C61H110O15. The molecule has 11 atom stereocenters. The van der Waals surface area contributed by atoms with Gasteiger partial charge in [0.1, 0.15) is 55.4 Å². The Hall–Kier alpha value is -2.28. The molecule has 444 valence electrons. The zero-order chi connectivity index (χ0) is 55.3. The third-order valence-corrected chi connectivity index (χ3v) is 14.6. The summed E-state index contributed by atoms with van der Waals surface area (Å²) >= 11 is 0. The Bertz CT molecular complexity index is 1460. The van der Waals surface area contributed by atoms with Crippen LogP contribution in [0.5, 0.6) is 0 Å². The van der Waals surface area contributed by atoms with E-state index >= 15 is 0 Å². The summed E-state index contributed by atoms with van der Waals surface area (Å²) < 4.78 is 33.7. The molecule has 2 aliphatic heterocycles. The van der Waals surface area contributed by atoms with Gasteiger partial charge in [-0.25, -0.2) is 0 Å². The fraction of sp³-hybridized carbons (Fsp3) is 0.869. The molecule has 7 N–H and O–H groups in total. The number of esters is 2. The van der Waals surface area contributed by atoms with Crippen LogP contribution in [0.15, 0.2) is 36.5 Å². The van der Waals surface area contributed by atoms with Crippen molar-refractivity contribution in [1.29, 1.82) is 0 Å². The van der Waals surface area contributed by atoms with Gasteiger partial charge in [-0.3, -0.25) is 9.59 Å². The van der Waals surface area contributed by atoms with Crippen molar-refractivity contribution < 1.29 is 73.8 Å². The van der Waals surface area contributed by atoms with Crippen LogP contribution in [0.4, 0.5) is 0 Å². The molecule has 0 aliphatic carbocycles. The van der Waals surface area contributed by atoms with Crippen LogP contribution >= 0.6 is 0 Å². The number of hydrogen-bond acceptors (Lipinski definition) is 15. The molecular weight excluding hydrogens is 973 g/mol. The second-order valence-corrected chi connectivity index (χ2v) is 21.5. The molecule has 0 saturated carbocycles. The van der Waals surface area contributed by atoms with E-state index in [9.17, 15) is 45.3 Å². The van der Waals surface area contributed by atoms with Crippen molar-refractivity contribution in [3.8, 4) is 0 Å². The van der Waals surface area contributed by atoms with Gasteiger partial charge in [0.25, 0.3) is 0 Å². The minimum Gasteiger partial charge on any atom is -0.462 e. The number of carbonyl (C=O) groups excluding carboxylic acids is 2. The van der Waals surface area contributed by atoms with Gasteiger partial charge in [0, 0.05) is 12.8 Å². The van der Waals surface area contributed by atoms with Crippen LogP contribution in [0, 0.1) is 0 Å². The Kier molecular flexibility index (Phi) is 43.7. The maximum Gasteiger partial charge on any atom is 0.306 e. The lowest BCUT2D eigenvalue weighted by atomic mass is 9.98. The number of unbranched alkanes of at least 4 members (excludes halogenated alkanes) is 29. The van der Waals surface area contributed by atoms with Crippen molar-refractivity contribution in [2.75, 3.05) is 26.4 Å². The summed E-state index contributed by atoms with van der Waals surface area (Å²) in [6.07, 6.45) is 37.5. The largest absolute Gasteiger partial charge is 0.462 e. The standard InChI is InChI=1S/C61H110O15/c1-3-5-7-9-11-13-15-17-19-21-22-23-24-25-26-28-30-32-34-36-38-40-42-44-53(64)74-49(46-71-52(63)43-41-39-37-35-33-31-29-27-20-18-16-14-12-10-8-6-4-2)47-72-60-59(70)57(68)55(66)51(76-60)48-73-61-58(69)56(67)54(65)50(45-62)75-61/h18,20,29,31,35,37,49-51,54-62,65-70H,3-17,19,21-28,30,32-34,36,38-48H2,1-2H3/b20-18+,31-29+,37-35+/t49-,50+,51+,54-,55-,56?,57?,58?,59?,60+,61+/m1/s1. The summed E-state index contributed by atoms with van der Waals surface area (Å²) in [6.45, 7) is 2.58. The average Bonchev–Trinajstić information content (AvgIpc) is 3.42. The van der Waals surface area contributed by atoms with Crippen LogP contribution < -0.4 is 0 Å². The first-order chi connectivity index (χ1) is 37.0. The Morgan fingerprint density at radius 3 is 1.28 bits per heavy atom. The van der Waals surface area contributed by atoms with E-state index in [1.165, 1.54) is 161 Å². The molecule has 2 saturated heterocycles. The Morgan fingerprint density at radius 2 is 0.803 bits per heavy atom. The summed E-state index contributed by atoms with van der Waals surface area (Å²) in [5.74, 6) is -0.974. The topological polar surface area (TPSA) is 231 Å². The van der Waals surface area contributed by atoms with Crippen molar-refractivity contribution in [3.63, 3.8) is 0 Å². The number of hydrogen-bond donors (Lipinski definition) is 7. The van der Waals surface area contributed by atoms with E-state index in [4.69, 9.17) is 28.4 Å².